The predicted octanol–water partition coefficient (Wildman–Crippen LogP) is 3.18. The molecule has 3 aromatic carbocycles. The molecule has 0 aromatic heterocycles. The van der Waals surface area contributed by atoms with Gasteiger partial charge in [-0.1, -0.05) is 66.7 Å². The smallest absolute Gasteiger partial charge is 0.313 e. The summed E-state index contributed by atoms with van der Waals surface area (Å²) < 4.78 is 0. The van der Waals surface area contributed by atoms with Gasteiger partial charge in [0.25, 0.3) is 5.91 Å². The van der Waals surface area contributed by atoms with Gasteiger partial charge in [-0.25, -0.2) is 0 Å². The Balaban J connectivity index is 1.60. The van der Waals surface area contributed by atoms with Crippen LogP contribution in [0.5, 0.6) is 0 Å². The van der Waals surface area contributed by atoms with Gasteiger partial charge in [0.1, 0.15) is 0 Å². The van der Waals surface area contributed by atoms with Crippen molar-refractivity contribution in [3.63, 3.8) is 0 Å². The fourth-order valence-corrected chi connectivity index (χ4v) is 2.91. The third kappa shape index (κ3) is 5.54. The van der Waals surface area contributed by atoms with E-state index in [4.69, 9.17) is 0 Å². The number of anilines is 1. The molecule has 0 unspecified atom stereocenters. The van der Waals surface area contributed by atoms with Crippen molar-refractivity contribution in [1.82, 2.24) is 10.6 Å². The number of rotatable bonds is 6. The Morgan fingerprint density at radius 1 is 0.700 bits per heavy atom. The van der Waals surface area contributed by atoms with Crippen molar-refractivity contribution < 1.29 is 14.4 Å². The molecule has 3 rings (SSSR count). The van der Waals surface area contributed by atoms with Crippen LogP contribution >= 0.6 is 0 Å². The highest BCUT2D eigenvalue weighted by molar-refractivity contribution is 6.40. The molecule has 0 bridgehead atoms. The van der Waals surface area contributed by atoms with E-state index in [9.17, 15) is 14.4 Å². The molecule has 6 heteroatoms. The first kappa shape index (κ1) is 20.8. The fourth-order valence-electron chi connectivity index (χ4n) is 2.91. The Hall–Kier alpha value is -3.93. The molecule has 0 saturated carbocycles. The molecule has 6 nitrogen and oxygen atoms in total. The summed E-state index contributed by atoms with van der Waals surface area (Å²) in [5.41, 5.74) is 3.48. The minimum Gasteiger partial charge on any atom is -0.348 e. The molecule has 3 aromatic rings. The normalized spacial score (nSPS) is 10.2. The van der Waals surface area contributed by atoms with E-state index in [1.807, 2.05) is 61.5 Å². The van der Waals surface area contributed by atoms with Crippen molar-refractivity contribution in [2.24, 2.45) is 0 Å². The molecule has 3 amide bonds. The molecule has 0 fully saturated rings. The van der Waals surface area contributed by atoms with Crippen LogP contribution in [0, 0.1) is 6.92 Å². The zero-order valence-electron chi connectivity index (χ0n) is 16.6. The molecule has 0 saturated heterocycles. The second kappa shape index (κ2) is 10.0. The summed E-state index contributed by atoms with van der Waals surface area (Å²) in [6.45, 7) is 2.54. The number of benzene rings is 3. The number of aryl methyl sites for hydroxylation is 1. The average molecular weight is 401 g/mol. The molecule has 0 radical (unpaired) electrons. The van der Waals surface area contributed by atoms with Gasteiger partial charge >= 0.3 is 11.8 Å². The molecule has 0 aliphatic carbocycles. The molecule has 3 N–H and O–H groups in total. The molecular weight excluding hydrogens is 378 g/mol. The van der Waals surface area contributed by atoms with Crippen LogP contribution in [-0.4, -0.2) is 17.7 Å². The standard InChI is InChI=1S/C24H23N3O3/c1-17-9-5-6-12-19(17)16-26-23(29)24(30)27-21-14-8-7-13-20(21)22(28)25-15-18-10-3-2-4-11-18/h2-14H,15-16H2,1H3,(H,25,28)(H,26,29)(H,27,30). The van der Waals surface area contributed by atoms with Crippen LogP contribution in [0.2, 0.25) is 0 Å². The lowest BCUT2D eigenvalue weighted by molar-refractivity contribution is -0.136. The molecule has 0 atom stereocenters. The predicted molar refractivity (Wildman–Crippen MR) is 116 cm³/mol. The number of amides is 3. The minimum absolute atomic E-state index is 0.248. The van der Waals surface area contributed by atoms with Gasteiger partial charge in [-0.2, -0.15) is 0 Å². The Labute approximate surface area is 175 Å². The van der Waals surface area contributed by atoms with E-state index in [-0.39, 0.29) is 23.7 Å². The Bertz CT molecular complexity index is 1050. The minimum atomic E-state index is -0.827. The van der Waals surface area contributed by atoms with Crippen molar-refractivity contribution in [1.29, 1.82) is 0 Å². The lowest BCUT2D eigenvalue weighted by atomic mass is 10.1. The third-order valence-electron chi connectivity index (χ3n) is 4.62. The fraction of sp³-hybridized carbons (Fsp3) is 0.125. The summed E-state index contributed by atoms with van der Waals surface area (Å²) in [4.78, 5) is 37.1. The van der Waals surface area contributed by atoms with E-state index in [0.29, 0.717) is 6.54 Å². The van der Waals surface area contributed by atoms with Gasteiger partial charge in [0.05, 0.1) is 11.3 Å². The first-order valence-electron chi connectivity index (χ1n) is 9.59. The quantitative estimate of drug-likeness (QED) is 0.555. The summed E-state index contributed by atoms with van der Waals surface area (Å²) in [7, 11) is 0. The van der Waals surface area contributed by atoms with Crippen LogP contribution in [-0.2, 0) is 22.7 Å². The van der Waals surface area contributed by atoms with Gasteiger partial charge in [-0.15, -0.1) is 0 Å². The van der Waals surface area contributed by atoms with Gasteiger partial charge in [-0.05, 0) is 35.7 Å². The third-order valence-corrected chi connectivity index (χ3v) is 4.62. The molecule has 0 aliphatic heterocycles. The van der Waals surface area contributed by atoms with E-state index in [2.05, 4.69) is 16.0 Å². The molecule has 30 heavy (non-hydrogen) atoms. The van der Waals surface area contributed by atoms with Gasteiger partial charge < -0.3 is 16.0 Å². The maximum Gasteiger partial charge on any atom is 0.313 e. The highest BCUT2D eigenvalue weighted by atomic mass is 16.2. The van der Waals surface area contributed by atoms with Crippen LogP contribution in [0.15, 0.2) is 78.9 Å². The Kier molecular flexibility index (Phi) is 6.95. The summed E-state index contributed by atoms with van der Waals surface area (Å²) in [6, 6.07) is 23.7. The highest BCUT2D eigenvalue weighted by Crippen LogP contribution is 2.15. The largest absolute Gasteiger partial charge is 0.348 e. The van der Waals surface area contributed by atoms with Crippen molar-refractivity contribution >= 4 is 23.4 Å². The van der Waals surface area contributed by atoms with Crippen molar-refractivity contribution in [3.05, 3.63) is 101 Å². The van der Waals surface area contributed by atoms with Gasteiger partial charge in [0.15, 0.2) is 0 Å². The second-order valence-electron chi connectivity index (χ2n) is 6.78. The molecule has 0 spiro atoms. The Morgan fingerprint density at radius 2 is 1.37 bits per heavy atom. The average Bonchev–Trinajstić information content (AvgIpc) is 2.77. The number of hydrogen-bond donors (Lipinski definition) is 3. The number of carbonyl (C=O) groups excluding carboxylic acids is 3. The highest BCUT2D eigenvalue weighted by Gasteiger charge is 2.17. The summed E-state index contributed by atoms with van der Waals surface area (Å²) in [6.07, 6.45) is 0. The zero-order valence-corrected chi connectivity index (χ0v) is 16.6. The van der Waals surface area contributed by atoms with Crippen LogP contribution in [0.4, 0.5) is 5.69 Å². The lowest BCUT2D eigenvalue weighted by Gasteiger charge is -2.12. The maximum atomic E-state index is 12.6. The zero-order chi connectivity index (χ0) is 21.3. The van der Waals surface area contributed by atoms with Gasteiger partial charge in [-0.3, -0.25) is 14.4 Å². The van der Waals surface area contributed by atoms with E-state index in [0.717, 1.165) is 16.7 Å². The Morgan fingerprint density at radius 3 is 2.13 bits per heavy atom. The number of hydrogen-bond acceptors (Lipinski definition) is 3. The lowest BCUT2D eigenvalue weighted by Crippen LogP contribution is -2.35. The van der Waals surface area contributed by atoms with Gasteiger partial charge in [0.2, 0.25) is 0 Å². The van der Waals surface area contributed by atoms with Crippen LogP contribution in [0.1, 0.15) is 27.0 Å². The van der Waals surface area contributed by atoms with Crippen molar-refractivity contribution in [2.75, 3.05) is 5.32 Å². The first-order chi connectivity index (χ1) is 14.5. The number of nitrogens with one attached hydrogen (secondary N) is 3. The van der Waals surface area contributed by atoms with E-state index >= 15 is 0 Å². The summed E-state index contributed by atoms with van der Waals surface area (Å²) >= 11 is 0. The van der Waals surface area contributed by atoms with Crippen LogP contribution in [0.3, 0.4) is 0 Å². The molecule has 152 valence electrons. The van der Waals surface area contributed by atoms with Crippen LogP contribution < -0.4 is 16.0 Å². The summed E-state index contributed by atoms with van der Waals surface area (Å²) in [5.74, 6) is -1.93. The van der Waals surface area contributed by atoms with Crippen LogP contribution in [0.25, 0.3) is 0 Å². The molecule has 0 aliphatic rings. The summed E-state index contributed by atoms with van der Waals surface area (Å²) in [5, 5.41) is 7.95. The maximum absolute atomic E-state index is 12.6. The second-order valence-corrected chi connectivity index (χ2v) is 6.78. The monoisotopic (exact) mass is 401 g/mol. The van der Waals surface area contributed by atoms with Crippen molar-refractivity contribution in [2.45, 2.75) is 20.0 Å². The van der Waals surface area contributed by atoms with E-state index < -0.39 is 11.8 Å². The van der Waals surface area contributed by atoms with Gasteiger partial charge in [0, 0.05) is 13.1 Å². The molecular formula is C24H23N3O3. The topological polar surface area (TPSA) is 87.3 Å². The number of carbonyl (C=O) groups is 3. The van der Waals surface area contributed by atoms with Crippen molar-refractivity contribution in [3.8, 4) is 0 Å². The SMILES string of the molecule is Cc1ccccc1CNC(=O)C(=O)Nc1ccccc1C(=O)NCc1ccccc1. The van der Waals surface area contributed by atoms with E-state index in [1.54, 1.807) is 24.3 Å². The number of para-hydroxylation sites is 1. The van der Waals surface area contributed by atoms with E-state index in [1.165, 1.54) is 0 Å². The first-order valence-corrected chi connectivity index (χ1v) is 9.59. The molecule has 0 heterocycles.